The molecule has 2 aromatic heterocycles. The summed E-state index contributed by atoms with van der Waals surface area (Å²) in [6, 6.07) is 22.7. The molecule has 2 aromatic carbocycles. The van der Waals surface area contributed by atoms with Gasteiger partial charge in [0.2, 0.25) is 0 Å². The summed E-state index contributed by atoms with van der Waals surface area (Å²) in [6.07, 6.45) is 1.79. The van der Waals surface area contributed by atoms with Gasteiger partial charge < -0.3 is 14.8 Å². The number of pyridine rings is 1. The minimum Gasteiger partial charge on any atom is -0.351 e. The molecule has 33 heavy (non-hydrogen) atoms. The van der Waals surface area contributed by atoms with E-state index in [2.05, 4.69) is 37.2 Å². The van der Waals surface area contributed by atoms with E-state index in [-0.39, 0.29) is 17.9 Å². The van der Waals surface area contributed by atoms with E-state index in [1.54, 1.807) is 18.3 Å². The zero-order valence-electron chi connectivity index (χ0n) is 18.2. The van der Waals surface area contributed by atoms with E-state index in [4.69, 9.17) is 12.2 Å². The van der Waals surface area contributed by atoms with Crippen LogP contribution in [0, 0.1) is 19.7 Å². The molecule has 1 N–H and O–H groups in total. The van der Waals surface area contributed by atoms with Gasteiger partial charge in [0.15, 0.2) is 5.11 Å². The van der Waals surface area contributed by atoms with Crippen molar-refractivity contribution in [2.75, 3.05) is 4.90 Å². The normalized spacial score (nSPS) is 17.9. The first kappa shape index (κ1) is 21.8. The van der Waals surface area contributed by atoms with Crippen molar-refractivity contribution in [3.05, 3.63) is 112 Å². The van der Waals surface area contributed by atoms with Crippen LogP contribution in [-0.2, 0) is 0 Å². The highest BCUT2D eigenvalue weighted by Crippen LogP contribution is 2.44. The average molecular weight is 521 g/mol. The van der Waals surface area contributed by atoms with Gasteiger partial charge in [-0.25, -0.2) is 4.39 Å². The van der Waals surface area contributed by atoms with E-state index >= 15 is 0 Å². The van der Waals surface area contributed by atoms with Gasteiger partial charge in [0, 0.05) is 27.7 Å². The van der Waals surface area contributed by atoms with Gasteiger partial charge in [0.1, 0.15) is 5.82 Å². The number of thiocarbonyl (C=S) groups is 1. The Labute approximate surface area is 206 Å². The van der Waals surface area contributed by atoms with Crippen LogP contribution < -0.4 is 10.2 Å². The fraction of sp³-hybridized carbons (Fsp3) is 0.154. The Morgan fingerprint density at radius 2 is 1.73 bits per heavy atom. The summed E-state index contributed by atoms with van der Waals surface area (Å²) in [5, 5.41) is 4.12. The summed E-state index contributed by atoms with van der Waals surface area (Å²) in [5.41, 5.74) is 5.42. The molecule has 0 radical (unpaired) electrons. The molecule has 4 aromatic rings. The summed E-state index contributed by atoms with van der Waals surface area (Å²) in [7, 11) is 0. The maximum atomic E-state index is 14.7. The predicted molar refractivity (Wildman–Crippen MR) is 137 cm³/mol. The molecule has 1 fully saturated rings. The van der Waals surface area contributed by atoms with E-state index in [9.17, 15) is 4.39 Å². The molecule has 0 aliphatic carbocycles. The number of nitrogens with zero attached hydrogens (tertiary/aromatic N) is 3. The smallest absolute Gasteiger partial charge is 0.174 e. The number of nitrogens with one attached hydrogen (secondary N) is 1. The summed E-state index contributed by atoms with van der Waals surface area (Å²) in [5.74, 6) is -0.253. The van der Waals surface area contributed by atoms with Gasteiger partial charge >= 0.3 is 0 Å². The van der Waals surface area contributed by atoms with Crippen molar-refractivity contribution < 1.29 is 4.39 Å². The number of hydrogen-bond acceptors (Lipinski definition) is 2. The maximum absolute atomic E-state index is 14.7. The minimum atomic E-state index is -0.253. The molecule has 1 aliphatic heterocycles. The van der Waals surface area contributed by atoms with Gasteiger partial charge in [-0.05, 0) is 86.2 Å². The third-order valence-electron chi connectivity index (χ3n) is 6.09. The van der Waals surface area contributed by atoms with E-state index in [1.807, 2.05) is 66.9 Å². The van der Waals surface area contributed by atoms with E-state index < -0.39 is 0 Å². The van der Waals surface area contributed by atoms with Crippen LogP contribution in [0.25, 0.3) is 5.69 Å². The number of hydrogen-bond donors (Lipinski definition) is 1. The Morgan fingerprint density at radius 3 is 2.42 bits per heavy atom. The molecule has 4 nitrogen and oxygen atoms in total. The first-order chi connectivity index (χ1) is 16.0. The van der Waals surface area contributed by atoms with Crippen molar-refractivity contribution in [2.45, 2.75) is 25.9 Å². The Kier molecular flexibility index (Phi) is 5.76. The van der Waals surface area contributed by atoms with Crippen LogP contribution in [0.5, 0.6) is 0 Å². The Bertz CT molecular complexity index is 1320. The zero-order valence-corrected chi connectivity index (χ0v) is 20.6. The summed E-state index contributed by atoms with van der Waals surface area (Å²) >= 11 is 9.33. The molecule has 7 heteroatoms. The van der Waals surface area contributed by atoms with Crippen LogP contribution >= 0.6 is 28.1 Å². The van der Waals surface area contributed by atoms with Crippen LogP contribution in [-0.4, -0.2) is 14.7 Å². The van der Waals surface area contributed by atoms with E-state index in [0.717, 1.165) is 32.8 Å². The van der Waals surface area contributed by atoms with Crippen molar-refractivity contribution in [1.82, 2.24) is 14.9 Å². The average Bonchev–Trinajstić information content (AvgIpc) is 3.31. The Hall–Kier alpha value is -3.03. The standard InChI is InChI=1S/C26H22BrFN4S/c1-16-15-20(17(2)31(16)23-9-4-3-7-21(23)28)25-24(22-8-5-6-14-29-22)30-26(33)32(25)19-12-10-18(27)11-13-19/h3-15,24-25H,1-2H3,(H,30,33). The Morgan fingerprint density at radius 1 is 1.00 bits per heavy atom. The molecule has 1 aliphatic rings. The van der Waals surface area contributed by atoms with Crippen molar-refractivity contribution in [1.29, 1.82) is 0 Å². The number of aryl methyl sites for hydroxylation is 1. The van der Waals surface area contributed by atoms with Crippen LogP contribution in [0.1, 0.15) is 34.7 Å². The third-order valence-corrected chi connectivity index (χ3v) is 6.93. The lowest BCUT2D eigenvalue weighted by atomic mass is 9.96. The number of aromatic nitrogens is 2. The Balaban J connectivity index is 1.69. The number of anilines is 1. The van der Waals surface area contributed by atoms with Crippen LogP contribution in [0.4, 0.5) is 10.1 Å². The number of benzene rings is 2. The van der Waals surface area contributed by atoms with Gasteiger partial charge in [0.25, 0.3) is 0 Å². The first-order valence-electron chi connectivity index (χ1n) is 10.7. The topological polar surface area (TPSA) is 33.1 Å². The number of rotatable bonds is 4. The fourth-order valence-corrected chi connectivity index (χ4v) is 5.25. The first-order valence-corrected chi connectivity index (χ1v) is 11.9. The maximum Gasteiger partial charge on any atom is 0.174 e. The summed E-state index contributed by atoms with van der Waals surface area (Å²) < 4.78 is 17.7. The molecule has 2 unspecified atom stereocenters. The van der Waals surface area contributed by atoms with Crippen LogP contribution in [0.15, 0.2) is 83.5 Å². The highest BCUT2D eigenvalue weighted by atomic mass is 79.9. The van der Waals surface area contributed by atoms with Crippen molar-refractivity contribution in [3.63, 3.8) is 0 Å². The highest BCUT2D eigenvalue weighted by molar-refractivity contribution is 9.10. The van der Waals surface area contributed by atoms with Gasteiger partial charge in [-0.3, -0.25) is 4.98 Å². The van der Waals surface area contributed by atoms with E-state index in [0.29, 0.717) is 10.8 Å². The second-order valence-electron chi connectivity index (χ2n) is 8.09. The summed E-state index contributed by atoms with van der Waals surface area (Å²) in [4.78, 5) is 6.75. The molecular weight excluding hydrogens is 499 g/mol. The monoisotopic (exact) mass is 520 g/mol. The molecule has 5 rings (SSSR count). The number of para-hydroxylation sites is 1. The second-order valence-corrected chi connectivity index (χ2v) is 9.39. The SMILES string of the molecule is Cc1cc(C2C(c3ccccn3)NC(=S)N2c2ccc(Br)cc2)c(C)n1-c1ccccc1F. The fourth-order valence-electron chi connectivity index (χ4n) is 4.64. The zero-order chi connectivity index (χ0) is 23.1. The molecule has 0 spiro atoms. The van der Waals surface area contributed by atoms with Crippen LogP contribution in [0.2, 0.25) is 0 Å². The molecular formula is C26H22BrFN4S. The van der Waals surface area contributed by atoms with Gasteiger partial charge in [0.05, 0.1) is 23.5 Å². The largest absolute Gasteiger partial charge is 0.351 e. The minimum absolute atomic E-state index is 0.153. The molecule has 1 saturated heterocycles. The number of halogens is 2. The van der Waals surface area contributed by atoms with Crippen molar-refractivity contribution >= 4 is 38.9 Å². The molecule has 2 atom stereocenters. The van der Waals surface area contributed by atoms with Crippen molar-refractivity contribution in [2.24, 2.45) is 0 Å². The van der Waals surface area contributed by atoms with Gasteiger partial charge in [-0.1, -0.05) is 34.1 Å². The van der Waals surface area contributed by atoms with Gasteiger partial charge in [-0.15, -0.1) is 0 Å². The lowest BCUT2D eigenvalue weighted by Crippen LogP contribution is -2.29. The lowest BCUT2D eigenvalue weighted by Gasteiger charge is -2.28. The molecule has 0 bridgehead atoms. The van der Waals surface area contributed by atoms with Crippen LogP contribution in [0.3, 0.4) is 0 Å². The molecule has 0 saturated carbocycles. The van der Waals surface area contributed by atoms with Gasteiger partial charge in [-0.2, -0.15) is 0 Å². The second kappa shape index (κ2) is 8.72. The summed E-state index contributed by atoms with van der Waals surface area (Å²) in [6.45, 7) is 4.04. The highest BCUT2D eigenvalue weighted by Gasteiger charge is 2.42. The predicted octanol–water partition coefficient (Wildman–Crippen LogP) is 6.57. The van der Waals surface area contributed by atoms with E-state index in [1.165, 1.54) is 6.07 Å². The third kappa shape index (κ3) is 3.85. The molecule has 0 amide bonds. The lowest BCUT2D eigenvalue weighted by molar-refractivity contribution is 0.564. The van der Waals surface area contributed by atoms with Crippen molar-refractivity contribution in [3.8, 4) is 5.69 Å². The molecule has 3 heterocycles. The quantitative estimate of drug-likeness (QED) is 0.308. The molecule has 166 valence electrons.